The smallest absolute Gasteiger partial charge is 0.0865 e. The van der Waals surface area contributed by atoms with E-state index in [1.165, 1.54) is 0 Å². The van der Waals surface area contributed by atoms with Crippen molar-refractivity contribution < 1.29 is 9.84 Å². The topological polar surface area (TPSA) is 71.6 Å². The average molecular weight is 279 g/mol. The largest absolute Gasteiger partial charge is 0.388 e. The van der Waals surface area contributed by atoms with Crippen molar-refractivity contribution in [3.8, 4) is 0 Å². The highest BCUT2D eigenvalue weighted by Gasteiger charge is 2.31. The van der Waals surface area contributed by atoms with Crippen molar-refractivity contribution in [2.24, 2.45) is 5.73 Å². The molecule has 0 aliphatic carbocycles. The van der Waals surface area contributed by atoms with E-state index in [1.54, 1.807) is 0 Å². The third kappa shape index (κ3) is 3.29. The summed E-state index contributed by atoms with van der Waals surface area (Å²) in [5.74, 6) is 0. The van der Waals surface area contributed by atoms with E-state index < -0.39 is 5.60 Å². The fraction of sp³-hybridized carbons (Fsp3) is 0.667. The van der Waals surface area contributed by atoms with Crippen LogP contribution >= 0.6 is 0 Å². The zero-order valence-electron chi connectivity index (χ0n) is 12.6. The molecule has 1 fully saturated rings. The first-order valence-electron chi connectivity index (χ1n) is 7.14. The number of aliphatic hydroxyl groups is 1. The highest BCUT2D eigenvalue weighted by Crippen LogP contribution is 2.27. The lowest BCUT2D eigenvalue weighted by molar-refractivity contribution is -0.0572. The van der Waals surface area contributed by atoms with Crippen LogP contribution in [0.3, 0.4) is 0 Å². The molecule has 5 heteroatoms. The summed E-state index contributed by atoms with van der Waals surface area (Å²) in [6.07, 6.45) is 1.36. The van der Waals surface area contributed by atoms with Gasteiger partial charge >= 0.3 is 0 Å². The number of hydrogen-bond donors (Lipinski definition) is 2. The van der Waals surface area contributed by atoms with Crippen molar-refractivity contribution in [2.75, 3.05) is 31.7 Å². The molecule has 2 heterocycles. The normalized spacial score (nSPS) is 18.1. The molecule has 1 aliphatic rings. The second-order valence-corrected chi connectivity index (χ2v) is 5.74. The van der Waals surface area contributed by atoms with Gasteiger partial charge in [0.1, 0.15) is 0 Å². The minimum absolute atomic E-state index is 0.459. The molecule has 1 aromatic heterocycles. The van der Waals surface area contributed by atoms with Crippen molar-refractivity contribution in [1.82, 2.24) is 4.98 Å². The molecule has 112 valence electrons. The van der Waals surface area contributed by atoms with Crippen LogP contribution in [0.1, 0.15) is 29.8 Å². The molecular formula is C15H25N3O2. The highest BCUT2D eigenvalue weighted by molar-refractivity contribution is 5.55. The zero-order chi connectivity index (χ0) is 14.8. The summed E-state index contributed by atoms with van der Waals surface area (Å²) in [7, 11) is 2.00. The number of likely N-dealkylation sites (N-methyl/N-ethyl adjacent to an activating group) is 1. The van der Waals surface area contributed by atoms with Crippen molar-refractivity contribution in [2.45, 2.75) is 38.8 Å². The first-order chi connectivity index (χ1) is 9.45. The third-order valence-corrected chi connectivity index (χ3v) is 4.01. The molecule has 0 spiro atoms. The molecule has 0 aromatic carbocycles. The Bertz CT molecular complexity index is 470. The van der Waals surface area contributed by atoms with Gasteiger partial charge in [-0.25, -0.2) is 0 Å². The Balaban J connectivity index is 2.22. The lowest BCUT2D eigenvalue weighted by Gasteiger charge is -2.37. The molecule has 1 saturated heterocycles. The van der Waals surface area contributed by atoms with Gasteiger partial charge in [-0.2, -0.15) is 0 Å². The van der Waals surface area contributed by atoms with Crippen LogP contribution in [-0.2, 0) is 11.3 Å². The minimum atomic E-state index is -0.677. The Hall–Kier alpha value is -1.17. The molecule has 0 amide bonds. The number of ether oxygens (including phenoxy) is 1. The van der Waals surface area contributed by atoms with Crippen molar-refractivity contribution in [1.29, 1.82) is 0 Å². The van der Waals surface area contributed by atoms with Crippen LogP contribution in [0.25, 0.3) is 0 Å². The number of aryl methyl sites for hydroxylation is 2. The fourth-order valence-electron chi connectivity index (χ4n) is 2.86. The molecule has 5 nitrogen and oxygen atoms in total. The molecule has 1 aliphatic heterocycles. The van der Waals surface area contributed by atoms with Crippen LogP contribution in [0.2, 0.25) is 0 Å². The number of nitrogens with two attached hydrogens (primary N) is 1. The molecular weight excluding hydrogens is 254 g/mol. The molecule has 0 unspecified atom stereocenters. The minimum Gasteiger partial charge on any atom is -0.388 e. The summed E-state index contributed by atoms with van der Waals surface area (Å²) >= 11 is 0. The first kappa shape index (κ1) is 15.2. The standard InChI is InChI=1S/C15H25N3O2/c1-11-8-14(13(9-16)12(2)17-11)18(3)10-15(19)4-6-20-7-5-15/h8,19H,4-7,9-10,16H2,1-3H3. The Labute approximate surface area is 120 Å². The lowest BCUT2D eigenvalue weighted by atomic mass is 9.93. The van der Waals surface area contributed by atoms with Crippen LogP contribution in [0.4, 0.5) is 5.69 Å². The summed E-state index contributed by atoms with van der Waals surface area (Å²) < 4.78 is 5.33. The van der Waals surface area contributed by atoms with Crippen LogP contribution in [0.5, 0.6) is 0 Å². The summed E-state index contributed by atoms with van der Waals surface area (Å²) in [5.41, 5.74) is 9.24. The maximum Gasteiger partial charge on any atom is 0.0865 e. The quantitative estimate of drug-likeness (QED) is 0.864. The van der Waals surface area contributed by atoms with Crippen LogP contribution in [-0.4, -0.2) is 42.5 Å². The second-order valence-electron chi connectivity index (χ2n) is 5.74. The number of pyridine rings is 1. The van der Waals surface area contributed by atoms with Gasteiger partial charge in [0.2, 0.25) is 0 Å². The fourth-order valence-corrected chi connectivity index (χ4v) is 2.86. The van der Waals surface area contributed by atoms with Gasteiger partial charge in [0.15, 0.2) is 0 Å². The van der Waals surface area contributed by atoms with Gasteiger partial charge in [0, 0.05) is 68.8 Å². The Morgan fingerprint density at radius 1 is 1.40 bits per heavy atom. The van der Waals surface area contributed by atoms with E-state index in [9.17, 15) is 5.11 Å². The van der Waals surface area contributed by atoms with Gasteiger partial charge in [-0.05, 0) is 19.9 Å². The highest BCUT2D eigenvalue weighted by atomic mass is 16.5. The van der Waals surface area contributed by atoms with Gasteiger partial charge in [-0.1, -0.05) is 0 Å². The Morgan fingerprint density at radius 3 is 2.65 bits per heavy atom. The van der Waals surface area contributed by atoms with E-state index in [1.807, 2.05) is 27.0 Å². The molecule has 1 aromatic rings. The van der Waals surface area contributed by atoms with E-state index in [4.69, 9.17) is 10.5 Å². The van der Waals surface area contributed by atoms with Crippen molar-refractivity contribution in [3.63, 3.8) is 0 Å². The van der Waals surface area contributed by atoms with Crippen molar-refractivity contribution >= 4 is 5.69 Å². The number of anilines is 1. The Morgan fingerprint density at radius 2 is 2.05 bits per heavy atom. The summed E-state index contributed by atoms with van der Waals surface area (Å²) in [5, 5.41) is 10.6. The van der Waals surface area contributed by atoms with Gasteiger partial charge in [-0.15, -0.1) is 0 Å². The number of aromatic nitrogens is 1. The van der Waals surface area contributed by atoms with Crippen LogP contribution < -0.4 is 10.6 Å². The predicted octanol–water partition coefficient (Wildman–Crippen LogP) is 1.13. The van der Waals surface area contributed by atoms with Gasteiger partial charge in [0.05, 0.1) is 5.60 Å². The van der Waals surface area contributed by atoms with E-state index in [-0.39, 0.29) is 0 Å². The van der Waals surface area contributed by atoms with E-state index >= 15 is 0 Å². The molecule has 0 bridgehead atoms. The number of rotatable bonds is 4. The average Bonchev–Trinajstić information content (AvgIpc) is 2.38. The second kappa shape index (κ2) is 6.08. The molecule has 20 heavy (non-hydrogen) atoms. The molecule has 0 saturated carbocycles. The van der Waals surface area contributed by atoms with Gasteiger partial charge < -0.3 is 20.5 Å². The maximum atomic E-state index is 10.6. The number of hydrogen-bond acceptors (Lipinski definition) is 5. The number of nitrogens with zero attached hydrogens (tertiary/aromatic N) is 2. The van der Waals surface area contributed by atoms with Crippen LogP contribution in [0, 0.1) is 13.8 Å². The molecule has 3 N–H and O–H groups in total. The van der Waals surface area contributed by atoms with E-state index in [2.05, 4.69) is 9.88 Å². The van der Waals surface area contributed by atoms with Gasteiger partial charge in [0.25, 0.3) is 0 Å². The van der Waals surface area contributed by atoms with E-state index in [0.29, 0.717) is 39.1 Å². The van der Waals surface area contributed by atoms with Crippen molar-refractivity contribution in [3.05, 3.63) is 23.0 Å². The monoisotopic (exact) mass is 279 g/mol. The lowest BCUT2D eigenvalue weighted by Crippen LogP contribution is -2.46. The summed E-state index contributed by atoms with van der Waals surface area (Å²) in [6, 6.07) is 2.04. The first-order valence-corrected chi connectivity index (χ1v) is 7.14. The third-order valence-electron chi connectivity index (χ3n) is 4.01. The molecule has 0 radical (unpaired) electrons. The molecule has 2 rings (SSSR count). The van der Waals surface area contributed by atoms with E-state index in [0.717, 1.165) is 22.6 Å². The molecule has 0 atom stereocenters. The zero-order valence-corrected chi connectivity index (χ0v) is 12.6. The summed E-state index contributed by atoms with van der Waals surface area (Å²) in [6.45, 7) is 6.26. The predicted molar refractivity (Wildman–Crippen MR) is 79.9 cm³/mol. The van der Waals surface area contributed by atoms with Crippen LogP contribution in [0.15, 0.2) is 6.07 Å². The summed E-state index contributed by atoms with van der Waals surface area (Å²) in [4.78, 5) is 6.55. The van der Waals surface area contributed by atoms with Gasteiger partial charge in [-0.3, -0.25) is 4.98 Å². The Kier molecular flexibility index (Phi) is 4.62. The maximum absolute atomic E-state index is 10.6. The SMILES string of the molecule is Cc1cc(N(C)CC2(O)CCOCC2)c(CN)c(C)n1.